The lowest BCUT2D eigenvalue weighted by molar-refractivity contribution is -0.137. The Hall–Kier alpha value is -5.94. The van der Waals surface area contributed by atoms with Gasteiger partial charge in [0, 0.05) is 22.6 Å². The van der Waals surface area contributed by atoms with Crippen molar-refractivity contribution in [2.45, 2.75) is 18.0 Å². The average molecular weight is 658 g/mol. The van der Waals surface area contributed by atoms with Gasteiger partial charge in [-0.05, 0) is 98.1 Å². The minimum absolute atomic E-state index is 0.0399. The fourth-order valence-corrected chi connectivity index (χ4v) is 8.64. The Bertz CT molecular complexity index is 2440. The number of hydrogen-bond donors (Lipinski definition) is 0. The van der Waals surface area contributed by atoms with Crippen LogP contribution in [0.5, 0.6) is 0 Å². The van der Waals surface area contributed by atoms with Crippen LogP contribution in [0.3, 0.4) is 0 Å². The molecule has 0 bridgehead atoms. The summed E-state index contributed by atoms with van der Waals surface area (Å²) < 4.78 is 60.0. The summed E-state index contributed by atoms with van der Waals surface area (Å²) in [7, 11) is 0. The zero-order chi connectivity index (χ0) is 33.7. The van der Waals surface area contributed by atoms with E-state index in [1.54, 1.807) is 4.57 Å². The van der Waals surface area contributed by atoms with Crippen molar-refractivity contribution in [1.82, 2.24) is 4.57 Å². The van der Waals surface area contributed by atoms with Crippen LogP contribution in [0.25, 0.3) is 49.7 Å². The molecule has 1 aromatic heterocycles. The molecule has 2 aliphatic rings. The standard InChI is InChI=1S/C45H27F4N/c46-28-19-20-39(45(47,48)49)42(25-28)50-40-21-17-26(43-33-13-5-1-9-29(33)30-10-2-6-14-34(30)43)23-37(40)38-24-27(18-22-41(38)50)44-35-15-7-3-11-31(35)32-12-4-8-16-36(32)44/h1-25,43-44H. The third-order valence-electron chi connectivity index (χ3n) is 10.7. The summed E-state index contributed by atoms with van der Waals surface area (Å²) in [5.74, 6) is -0.807. The Morgan fingerprint density at radius 1 is 0.440 bits per heavy atom. The molecule has 1 nitrogen and oxygen atoms in total. The van der Waals surface area contributed by atoms with E-state index in [4.69, 9.17) is 0 Å². The molecular formula is C45H27F4N. The maximum Gasteiger partial charge on any atom is 0.418 e. The molecular weight excluding hydrogens is 630 g/mol. The van der Waals surface area contributed by atoms with E-state index < -0.39 is 17.6 Å². The van der Waals surface area contributed by atoms with Crippen LogP contribution in [0.15, 0.2) is 152 Å². The number of nitrogens with zero attached hydrogens (tertiary/aromatic N) is 1. The van der Waals surface area contributed by atoms with Crippen LogP contribution in [0.2, 0.25) is 0 Å². The van der Waals surface area contributed by atoms with Crippen LogP contribution in [-0.4, -0.2) is 4.57 Å². The number of benzene rings is 7. The van der Waals surface area contributed by atoms with Crippen molar-refractivity contribution in [2.24, 2.45) is 0 Å². The summed E-state index contributed by atoms with van der Waals surface area (Å²) in [6.07, 6.45) is -4.68. The zero-order valence-corrected chi connectivity index (χ0v) is 26.5. The fourth-order valence-electron chi connectivity index (χ4n) is 8.64. The first-order valence-corrected chi connectivity index (χ1v) is 16.7. The molecule has 0 fully saturated rings. The summed E-state index contributed by atoms with van der Waals surface area (Å²) >= 11 is 0. The summed E-state index contributed by atoms with van der Waals surface area (Å²) in [5, 5.41) is 1.64. The number of aromatic nitrogens is 1. The summed E-state index contributed by atoms with van der Waals surface area (Å²) in [5.41, 5.74) is 11.7. The molecule has 0 saturated carbocycles. The first-order chi connectivity index (χ1) is 24.4. The molecule has 0 saturated heterocycles. The van der Waals surface area contributed by atoms with E-state index >= 15 is 0 Å². The molecule has 0 aliphatic heterocycles. The average Bonchev–Trinajstić information content (AvgIpc) is 3.76. The van der Waals surface area contributed by atoms with E-state index in [1.165, 1.54) is 44.5 Å². The molecule has 0 N–H and O–H groups in total. The van der Waals surface area contributed by atoms with Crippen LogP contribution in [-0.2, 0) is 6.18 Å². The molecule has 50 heavy (non-hydrogen) atoms. The minimum Gasteiger partial charge on any atom is -0.309 e. The quantitative estimate of drug-likeness (QED) is 0.167. The van der Waals surface area contributed by atoms with Crippen LogP contribution in [0.4, 0.5) is 17.6 Å². The summed E-state index contributed by atoms with van der Waals surface area (Å²) in [6.45, 7) is 0. The van der Waals surface area contributed by atoms with E-state index in [-0.39, 0.29) is 17.5 Å². The predicted octanol–water partition coefficient (Wildman–Crippen LogP) is 12.3. The number of rotatable bonds is 3. The van der Waals surface area contributed by atoms with Gasteiger partial charge in [-0.3, -0.25) is 0 Å². The Balaban J connectivity index is 1.26. The van der Waals surface area contributed by atoms with E-state index in [0.717, 1.165) is 40.1 Å². The molecule has 0 radical (unpaired) electrons. The zero-order valence-electron chi connectivity index (χ0n) is 26.5. The van der Waals surface area contributed by atoms with Gasteiger partial charge in [0.2, 0.25) is 0 Å². The smallest absolute Gasteiger partial charge is 0.309 e. The highest BCUT2D eigenvalue weighted by Crippen LogP contribution is 2.51. The molecule has 1 heterocycles. The van der Waals surface area contributed by atoms with Crippen molar-refractivity contribution in [3.8, 4) is 27.9 Å². The molecule has 7 aromatic carbocycles. The minimum atomic E-state index is -4.68. The highest BCUT2D eigenvalue weighted by molar-refractivity contribution is 6.10. The van der Waals surface area contributed by atoms with Gasteiger partial charge in [-0.1, -0.05) is 109 Å². The number of hydrogen-bond acceptors (Lipinski definition) is 0. The van der Waals surface area contributed by atoms with Gasteiger partial charge < -0.3 is 4.57 Å². The maximum atomic E-state index is 14.8. The van der Waals surface area contributed by atoms with Crippen molar-refractivity contribution in [1.29, 1.82) is 0 Å². The predicted molar refractivity (Wildman–Crippen MR) is 191 cm³/mol. The topological polar surface area (TPSA) is 4.93 Å². The van der Waals surface area contributed by atoms with E-state index in [2.05, 4.69) is 60.7 Å². The van der Waals surface area contributed by atoms with Gasteiger partial charge in [0.25, 0.3) is 0 Å². The van der Waals surface area contributed by atoms with Crippen LogP contribution >= 0.6 is 0 Å². The SMILES string of the molecule is Fc1ccc(C(F)(F)F)c(-n2c3ccc(C4c5ccccc5-c5ccccc54)cc3c3cc(C4c5ccccc5-c5ccccc54)ccc32)c1. The number of fused-ring (bicyclic) bond motifs is 9. The van der Waals surface area contributed by atoms with Gasteiger partial charge in [-0.25, -0.2) is 4.39 Å². The second kappa shape index (κ2) is 10.5. The van der Waals surface area contributed by atoms with E-state index in [9.17, 15) is 17.6 Å². The molecule has 0 amide bonds. The van der Waals surface area contributed by atoms with Gasteiger partial charge in [0.15, 0.2) is 0 Å². The first kappa shape index (κ1) is 29.0. The molecule has 8 aromatic rings. The third-order valence-corrected chi connectivity index (χ3v) is 10.7. The van der Waals surface area contributed by atoms with Crippen LogP contribution in [0, 0.1) is 5.82 Å². The number of halogens is 4. The maximum absolute atomic E-state index is 14.8. The van der Waals surface area contributed by atoms with Crippen molar-refractivity contribution in [2.75, 3.05) is 0 Å². The van der Waals surface area contributed by atoms with Crippen molar-refractivity contribution in [3.05, 3.63) is 196 Å². The second-order valence-electron chi connectivity index (χ2n) is 13.3. The largest absolute Gasteiger partial charge is 0.418 e. The molecule has 0 unspecified atom stereocenters. The lowest BCUT2D eigenvalue weighted by Crippen LogP contribution is -2.11. The third kappa shape index (κ3) is 4.13. The van der Waals surface area contributed by atoms with Gasteiger partial charge in [0.05, 0.1) is 22.3 Å². The molecule has 240 valence electrons. The van der Waals surface area contributed by atoms with Crippen molar-refractivity contribution >= 4 is 21.8 Å². The lowest BCUT2D eigenvalue weighted by atomic mass is 9.87. The first-order valence-electron chi connectivity index (χ1n) is 16.7. The fraction of sp³-hybridized carbons (Fsp3) is 0.0667. The lowest BCUT2D eigenvalue weighted by Gasteiger charge is -2.17. The highest BCUT2D eigenvalue weighted by Gasteiger charge is 2.36. The van der Waals surface area contributed by atoms with Gasteiger partial charge in [0.1, 0.15) is 5.82 Å². The normalized spacial score (nSPS) is 13.8. The van der Waals surface area contributed by atoms with Gasteiger partial charge in [-0.2, -0.15) is 13.2 Å². The Morgan fingerprint density at radius 3 is 1.24 bits per heavy atom. The van der Waals surface area contributed by atoms with Gasteiger partial charge in [-0.15, -0.1) is 0 Å². The monoisotopic (exact) mass is 657 g/mol. The van der Waals surface area contributed by atoms with E-state index in [0.29, 0.717) is 11.0 Å². The molecule has 0 spiro atoms. The Morgan fingerprint density at radius 2 is 0.840 bits per heavy atom. The summed E-state index contributed by atoms with van der Waals surface area (Å²) in [4.78, 5) is 0. The highest BCUT2D eigenvalue weighted by atomic mass is 19.4. The summed E-state index contributed by atoms with van der Waals surface area (Å²) in [6, 6.07) is 48.4. The Labute approximate surface area is 285 Å². The molecule has 0 atom stereocenters. The van der Waals surface area contributed by atoms with Crippen LogP contribution in [0.1, 0.15) is 50.8 Å². The second-order valence-corrected chi connectivity index (χ2v) is 13.3. The van der Waals surface area contributed by atoms with Crippen molar-refractivity contribution < 1.29 is 17.6 Å². The van der Waals surface area contributed by atoms with Crippen molar-refractivity contribution in [3.63, 3.8) is 0 Å². The van der Waals surface area contributed by atoms with E-state index in [1.807, 2.05) is 72.8 Å². The molecule has 2 aliphatic carbocycles. The number of alkyl halides is 3. The Kier molecular flexibility index (Phi) is 6.11. The van der Waals surface area contributed by atoms with Crippen LogP contribution < -0.4 is 0 Å². The molecule has 10 rings (SSSR count). The molecule has 5 heteroatoms. The van der Waals surface area contributed by atoms with Gasteiger partial charge >= 0.3 is 6.18 Å².